The van der Waals surface area contributed by atoms with Gasteiger partial charge in [0.25, 0.3) is 5.91 Å². The molecule has 1 aromatic carbocycles. The number of benzene rings is 1. The van der Waals surface area contributed by atoms with Gasteiger partial charge in [-0.3, -0.25) is 4.79 Å². The van der Waals surface area contributed by atoms with Crippen molar-refractivity contribution in [2.24, 2.45) is 0 Å². The molecule has 0 aliphatic carbocycles. The van der Waals surface area contributed by atoms with E-state index >= 15 is 0 Å². The fraction of sp³-hybridized carbons (Fsp3) is 0.421. The summed E-state index contributed by atoms with van der Waals surface area (Å²) in [6, 6.07) is 9.36. The first kappa shape index (κ1) is 17.2. The number of rotatable bonds is 5. The zero-order valence-corrected chi connectivity index (χ0v) is 14.7. The summed E-state index contributed by atoms with van der Waals surface area (Å²) in [7, 11) is 0. The maximum atomic E-state index is 12.5. The highest BCUT2D eigenvalue weighted by molar-refractivity contribution is 5.93. The number of ether oxygens (including phenoxy) is 1. The van der Waals surface area contributed by atoms with Crippen LogP contribution in [0.15, 0.2) is 36.7 Å². The van der Waals surface area contributed by atoms with Crippen LogP contribution in [0.3, 0.4) is 0 Å². The third kappa shape index (κ3) is 4.68. The second-order valence-electron chi connectivity index (χ2n) is 6.46. The molecule has 6 heteroatoms. The number of carbonyl (C=O) groups excluding carboxylic acids is 1. The Morgan fingerprint density at radius 1 is 1.12 bits per heavy atom. The molecule has 1 saturated heterocycles. The predicted molar refractivity (Wildman–Crippen MR) is 97.3 cm³/mol. The number of nitrogens with zero attached hydrogens (tertiary/aromatic N) is 3. The minimum atomic E-state index is -0.0224. The molecule has 2 heterocycles. The van der Waals surface area contributed by atoms with E-state index in [0.29, 0.717) is 11.5 Å². The maximum absolute atomic E-state index is 12.5. The van der Waals surface area contributed by atoms with E-state index in [-0.39, 0.29) is 12.0 Å². The van der Waals surface area contributed by atoms with Crippen molar-refractivity contribution in [2.45, 2.75) is 39.2 Å². The molecule has 132 valence electrons. The van der Waals surface area contributed by atoms with Crippen molar-refractivity contribution in [3.8, 4) is 5.75 Å². The first-order chi connectivity index (χ1) is 12.1. The number of amides is 1. The van der Waals surface area contributed by atoms with Crippen LogP contribution >= 0.6 is 0 Å². The Balaban J connectivity index is 1.68. The molecule has 1 amide bonds. The largest absolute Gasteiger partial charge is 0.491 e. The van der Waals surface area contributed by atoms with Crippen molar-refractivity contribution in [3.05, 3.63) is 42.4 Å². The van der Waals surface area contributed by atoms with Gasteiger partial charge in [0.2, 0.25) is 0 Å². The Labute approximate surface area is 148 Å². The molecule has 0 atom stereocenters. The monoisotopic (exact) mass is 340 g/mol. The Bertz CT molecular complexity index is 710. The van der Waals surface area contributed by atoms with Gasteiger partial charge in [0.05, 0.1) is 6.10 Å². The van der Waals surface area contributed by atoms with Gasteiger partial charge in [-0.2, -0.15) is 0 Å². The lowest BCUT2D eigenvalue weighted by atomic mass is 10.1. The highest BCUT2D eigenvalue weighted by atomic mass is 16.5. The molecule has 6 nitrogen and oxygen atoms in total. The van der Waals surface area contributed by atoms with Crippen LogP contribution in [-0.2, 0) is 0 Å². The Hall–Kier alpha value is -2.63. The number of aromatic nitrogens is 2. The molecular formula is C19H24N4O2. The molecule has 1 aliphatic heterocycles. The van der Waals surface area contributed by atoms with Gasteiger partial charge < -0.3 is 15.0 Å². The van der Waals surface area contributed by atoms with E-state index in [1.807, 2.05) is 43.0 Å². The zero-order valence-electron chi connectivity index (χ0n) is 14.7. The number of carbonyl (C=O) groups is 1. The Kier molecular flexibility index (Phi) is 5.48. The minimum Gasteiger partial charge on any atom is -0.491 e. The van der Waals surface area contributed by atoms with Gasteiger partial charge in [-0.25, -0.2) is 9.97 Å². The summed E-state index contributed by atoms with van der Waals surface area (Å²) in [6.45, 7) is 5.60. The minimum absolute atomic E-state index is 0.0224. The van der Waals surface area contributed by atoms with E-state index < -0.39 is 0 Å². The summed E-state index contributed by atoms with van der Waals surface area (Å²) in [6.07, 6.45) is 4.88. The van der Waals surface area contributed by atoms with Crippen LogP contribution in [0.5, 0.6) is 5.75 Å². The average molecular weight is 340 g/mol. The zero-order chi connectivity index (χ0) is 17.6. The number of piperidine rings is 1. The first-order valence-corrected chi connectivity index (χ1v) is 8.77. The first-order valence-electron chi connectivity index (χ1n) is 8.77. The number of nitrogens with one attached hydrogen (secondary N) is 1. The summed E-state index contributed by atoms with van der Waals surface area (Å²) in [5.41, 5.74) is 1.31. The molecule has 0 radical (unpaired) electrons. The third-order valence-electron chi connectivity index (χ3n) is 4.03. The molecule has 0 saturated carbocycles. The van der Waals surface area contributed by atoms with E-state index in [0.717, 1.165) is 37.4 Å². The second kappa shape index (κ2) is 7.96. The normalized spacial score (nSPS) is 14.4. The average Bonchev–Trinajstić information content (AvgIpc) is 2.63. The summed E-state index contributed by atoms with van der Waals surface area (Å²) >= 11 is 0. The van der Waals surface area contributed by atoms with E-state index in [2.05, 4.69) is 15.3 Å². The van der Waals surface area contributed by atoms with E-state index in [1.165, 1.54) is 12.7 Å². The lowest BCUT2D eigenvalue weighted by Gasteiger charge is -2.26. The van der Waals surface area contributed by atoms with Crippen LogP contribution in [0.2, 0.25) is 0 Å². The van der Waals surface area contributed by atoms with Crippen LogP contribution < -0.4 is 10.1 Å². The van der Waals surface area contributed by atoms with Crippen LogP contribution in [0, 0.1) is 0 Å². The second-order valence-corrected chi connectivity index (χ2v) is 6.46. The molecule has 2 aromatic rings. The SMILES string of the molecule is CC(C)Oc1ccc(Nc2cc(C(=O)N3CCCCC3)ncn2)cc1. The number of hydrogen-bond donors (Lipinski definition) is 1. The van der Waals surface area contributed by atoms with E-state index in [4.69, 9.17) is 4.74 Å². The molecule has 0 spiro atoms. The van der Waals surface area contributed by atoms with Crippen LogP contribution in [0.25, 0.3) is 0 Å². The quantitative estimate of drug-likeness (QED) is 0.900. The van der Waals surface area contributed by atoms with Gasteiger partial charge in [-0.15, -0.1) is 0 Å². The summed E-state index contributed by atoms with van der Waals surface area (Å²) in [4.78, 5) is 22.8. The van der Waals surface area contributed by atoms with Crippen molar-refractivity contribution >= 4 is 17.4 Å². The topological polar surface area (TPSA) is 67.3 Å². The maximum Gasteiger partial charge on any atom is 0.272 e. The van der Waals surface area contributed by atoms with Crippen molar-refractivity contribution in [2.75, 3.05) is 18.4 Å². The molecule has 3 rings (SSSR count). The van der Waals surface area contributed by atoms with Gasteiger partial charge in [-0.1, -0.05) is 0 Å². The van der Waals surface area contributed by atoms with Crippen LogP contribution in [0.1, 0.15) is 43.6 Å². The fourth-order valence-corrected chi connectivity index (χ4v) is 2.84. The van der Waals surface area contributed by atoms with Crippen LogP contribution in [0.4, 0.5) is 11.5 Å². The van der Waals surface area contributed by atoms with Crippen molar-refractivity contribution in [1.29, 1.82) is 0 Å². The molecular weight excluding hydrogens is 316 g/mol. The molecule has 1 aliphatic rings. The molecule has 1 fully saturated rings. The van der Waals surface area contributed by atoms with Gasteiger partial charge in [-0.05, 0) is 57.4 Å². The van der Waals surface area contributed by atoms with E-state index in [1.54, 1.807) is 6.07 Å². The van der Waals surface area contributed by atoms with E-state index in [9.17, 15) is 4.79 Å². The standard InChI is InChI=1S/C19H24N4O2/c1-14(2)25-16-8-6-15(7-9-16)22-18-12-17(20-13-21-18)19(24)23-10-4-3-5-11-23/h6-9,12-14H,3-5,10-11H2,1-2H3,(H,20,21,22). The summed E-state index contributed by atoms with van der Waals surface area (Å²) in [5, 5.41) is 3.21. The Morgan fingerprint density at radius 3 is 2.52 bits per heavy atom. The van der Waals surface area contributed by atoms with Gasteiger partial charge in [0.1, 0.15) is 23.6 Å². The van der Waals surface area contributed by atoms with Crippen molar-refractivity contribution in [1.82, 2.24) is 14.9 Å². The van der Waals surface area contributed by atoms with Crippen molar-refractivity contribution in [3.63, 3.8) is 0 Å². The number of anilines is 2. The summed E-state index contributed by atoms with van der Waals surface area (Å²) in [5.74, 6) is 1.41. The number of hydrogen-bond acceptors (Lipinski definition) is 5. The molecule has 25 heavy (non-hydrogen) atoms. The smallest absolute Gasteiger partial charge is 0.272 e. The van der Waals surface area contributed by atoms with Crippen molar-refractivity contribution < 1.29 is 9.53 Å². The molecule has 1 N–H and O–H groups in total. The summed E-state index contributed by atoms with van der Waals surface area (Å²) < 4.78 is 5.63. The fourth-order valence-electron chi connectivity index (χ4n) is 2.84. The predicted octanol–water partition coefficient (Wildman–Crippen LogP) is 3.63. The molecule has 1 aromatic heterocycles. The van der Waals surface area contributed by atoms with Gasteiger partial charge in [0.15, 0.2) is 0 Å². The lowest BCUT2D eigenvalue weighted by Crippen LogP contribution is -2.36. The highest BCUT2D eigenvalue weighted by Crippen LogP contribution is 2.20. The van der Waals surface area contributed by atoms with Gasteiger partial charge >= 0.3 is 0 Å². The Morgan fingerprint density at radius 2 is 1.84 bits per heavy atom. The highest BCUT2D eigenvalue weighted by Gasteiger charge is 2.19. The van der Waals surface area contributed by atoms with Gasteiger partial charge in [0, 0.05) is 24.8 Å². The lowest BCUT2D eigenvalue weighted by molar-refractivity contribution is 0.0718. The third-order valence-corrected chi connectivity index (χ3v) is 4.03. The molecule has 0 bridgehead atoms. The molecule has 0 unspecified atom stereocenters. The van der Waals surface area contributed by atoms with Crippen LogP contribution in [-0.4, -0.2) is 40.0 Å². The number of likely N-dealkylation sites (tertiary alicyclic amines) is 1.